The summed E-state index contributed by atoms with van der Waals surface area (Å²) >= 11 is 0. The van der Waals surface area contributed by atoms with Gasteiger partial charge in [-0.3, -0.25) is 4.79 Å². The van der Waals surface area contributed by atoms with Gasteiger partial charge in [-0.2, -0.15) is 0 Å². The molecule has 0 saturated carbocycles. The van der Waals surface area contributed by atoms with E-state index in [4.69, 9.17) is 0 Å². The number of aryl methyl sites for hydroxylation is 1. The Balaban J connectivity index is 0.00000220. The smallest absolute Gasteiger partial charge is 0.220 e. The van der Waals surface area contributed by atoms with Crippen LogP contribution in [-0.2, 0) is 11.3 Å². The normalized spacial score (nSPS) is 16.9. The van der Waals surface area contributed by atoms with E-state index >= 15 is 0 Å². The summed E-state index contributed by atoms with van der Waals surface area (Å²) in [4.78, 5) is 12.0. The van der Waals surface area contributed by atoms with E-state index in [1.807, 2.05) is 6.07 Å². The van der Waals surface area contributed by atoms with Crippen LogP contribution in [0, 0.1) is 18.8 Å². The van der Waals surface area contributed by atoms with Crippen molar-refractivity contribution in [3.05, 3.63) is 35.4 Å². The quantitative estimate of drug-likeness (QED) is 0.877. The second kappa shape index (κ2) is 9.06. The summed E-state index contributed by atoms with van der Waals surface area (Å²) in [6.07, 6.45) is 3.05. The lowest BCUT2D eigenvalue weighted by atomic mass is 9.84. The number of amides is 1. The van der Waals surface area contributed by atoms with Crippen LogP contribution in [-0.4, -0.2) is 19.0 Å². The highest BCUT2D eigenvalue weighted by Gasteiger charge is 2.21. The maximum Gasteiger partial charge on any atom is 0.220 e. The van der Waals surface area contributed by atoms with Gasteiger partial charge in [0.25, 0.3) is 0 Å². The van der Waals surface area contributed by atoms with Crippen LogP contribution in [0.15, 0.2) is 24.3 Å². The molecule has 1 heterocycles. The van der Waals surface area contributed by atoms with Crippen LogP contribution in [0.25, 0.3) is 0 Å². The molecule has 0 radical (unpaired) electrons. The van der Waals surface area contributed by atoms with Gasteiger partial charge in [0, 0.05) is 13.0 Å². The average molecular weight is 311 g/mol. The van der Waals surface area contributed by atoms with Gasteiger partial charge < -0.3 is 10.6 Å². The second-order valence-corrected chi connectivity index (χ2v) is 6.03. The van der Waals surface area contributed by atoms with E-state index in [0.29, 0.717) is 24.8 Å². The molecule has 4 heteroatoms. The fourth-order valence-corrected chi connectivity index (χ4v) is 2.97. The van der Waals surface area contributed by atoms with Gasteiger partial charge in [0.2, 0.25) is 5.91 Å². The number of carbonyl (C=O) groups excluding carboxylic acids is 1. The van der Waals surface area contributed by atoms with Crippen molar-refractivity contribution in [2.75, 3.05) is 13.1 Å². The van der Waals surface area contributed by atoms with Crippen molar-refractivity contribution in [3.63, 3.8) is 0 Å². The molecule has 1 atom stereocenters. The Hall–Kier alpha value is -1.06. The third kappa shape index (κ3) is 6.06. The van der Waals surface area contributed by atoms with Gasteiger partial charge in [-0.25, -0.2) is 0 Å². The van der Waals surface area contributed by atoms with Crippen LogP contribution in [0.4, 0.5) is 0 Å². The first-order valence-corrected chi connectivity index (χ1v) is 7.68. The summed E-state index contributed by atoms with van der Waals surface area (Å²) in [5, 5.41) is 6.42. The summed E-state index contributed by atoms with van der Waals surface area (Å²) in [6.45, 7) is 7.12. The molecular formula is C17H27ClN2O. The van der Waals surface area contributed by atoms with Crippen LogP contribution < -0.4 is 10.6 Å². The SMILES string of the molecule is Cc1cccc(CNC(=O)CC(C)C2CCNCC2)c1.Cl. The standard InChI is InChI=1S/C17H26N2O.ClH/c1-13-4-3-5-15(10-13)12-19-17(20)11-14(2)16-6-8-18-9-7-16;/h3-5,10,14,16,18H,6-9,11-12H2,1-2H3,(H,19,20);1H. The molecule has 3 nitrogen and oxygen atoms in total. The number of piperidine rings is 1. The molecule has 1 aliphatic heterocycles. The van der Waals surface area contributed by atoms with Crippen LogP contribution in [0.2, 0.25) is 0 Å². The highest BCUT2D eigenvalue weighted by atomic mass is 35.5. The summed E-state index contributed by atoms with van der Waals surface area (Å²) < 4.78 is 0. The van der Waals surface area contributed by atoms with Gasteiger partial charge >= 0.3 is 0 Å². The number of carbonyl (C=O) groups is 1. The topological polar surface area (TPSA) is 41.1 Å². The maximum absolute atomic E-state index is 12.0. The number of hydrogen-bond donors (Lipinski definition) is 2. The predicted molar refractivity (Wildman–Crippen MR) is 89.6 cm³/mol. The second-order valence-electron chi connectivity index (χ2n) is 6.03. The van der Waals surface area contributed by atoms with Crippen molar-refractivity contribution in [1.82, 2.24) is 10.6 Å². The molecule has 118 valence electrons. The first-order valence-electron chi connectivity index (χ1n) is 7.68. The zero-order valence-electron chi connectivity index (χ0n) is 13.0. The van der Waals surface area contributed by atoms with E-state index in [-0.39, 0.29) is 18.3 Å². The lowest BCUT2D eigenvalue weighted by molar-refractivity contribution is -0.122. The molecule has 1 fully saturated rings. The van der Waals surface area contributed by atoms with Crippen molar-refractivity contribution in [2.45, 2.75) is 39.7 Å². The van der Waals surface area contributed by atoms with E-state index in [1.165, 1.54) is 24.0 Å². The third-order valence-corrected chi connectivity index (χ3v) is 4.27. The molecular weight excluding hydrogens is 284 g/mol. The highest BCUT2D eigenvalue weighted by Crippen LogP contribution is 2.24. The van der Waals surface area contributed by atoms with E-state index in [2.05, 4.69) is 42.7 Å². The van der Waals surface area contributed by atoms with Crippen LogP contribution in [0.1, 0.15) is 37.3 Å². The van der Waals surface area contributed by atoms with Crippen molar-refractivity contribution < 1.29 is 4.79 Å². The number of rotatable bonds is 5. The van der Waals surface area contributed by atoms with E-state index in [9.17, 15) is 4.79 Å². The van der Waals surface area contributed by atoms with Gasteiger partial charge in [-0.1, -0.05) is 36.8 Å². The number of benzene rings is 1. The van der Waals surface area contributed by atoms with Crippen molar-refractivity contribution in [3.8, 4) is 0 Å². The summed E-state index contributed by atoms with van der Waals surface area (Å²) in [6, 6.07) is 8.29. The number of hydrogen-bond acceptors (Lipinski definition) is 2. The van der Waals surface area contributed by atoms with Crippen LogP contribution in [0.5, 0.6) is 0 Å². The Morgan fingerprint density at radius 2 is 2.10 bits per heavy atom. The molecule has 0 spiro atoms. The van der Waals surface area contributed by atoms with Gasteiger partial charge in [-0.15, -0.1) is 12.4 Å². The van der Waals surface area contributed by atoms with Crippen molar-refractivity contribution >= 4 is 18.3 Å². The van der Waals surface area contributed by atoms with Gasteiger partial charge in [0.15, 0.2) is 0 Å². The minimum atomic E-state index is 0. The van der Waals surface area contributed by atoms with Gasteiger partial charge in [0.05, 0.1) is 0 Å². The number of halogens is 1. The van der Waals surface area contributed by atoms with Crippen molar-refractivity contribution in [1.29, 1.82) is 0 Å². The molecule has 21 heavy (non-hydrogen) atoms. The zero-order valence-corrected chi connectivity index (χ0v) is 13.8. The summed E-state index contributed by atoms with van der Waals surface area (Å²) in [7, 11) is 0. The molecule has 0 aliphatic carbocycles. The Morgan fingerprint density at radius 3 is 2.76 bits per heavy atom. The Labute approximate surface area is 134 Å². The molecule has 1 aliphatic rings. The highest BCUT2D eigenvalue weighted by molar-refractivity contribution is 5.85. The fraction of sp³-hybridized carbons (Fsp3) is 0.588. The molecule has 1 saturated heterocycles. The largest absolute Gasteiger partial charge is 0.352 e. The molecule has 1 unspecified atom stereocenters. The Morgan fingerprint density at radius 1 is 1.38 bits per heavy atom. The lowest BCUT2D eigenvalue weighted by Crippen LogP contribution is -2.33. The van der Waals surface area contributed by atoms with Gasteiger partial charge in [0.1, 0.15) is 0 Å². The monoisotopic (exact) mass is 310 g/mol. The number of nitrogens with one attached hydrogen (secondary N) is 2. The van der Waals surface area contributed by atoms with E-state index in [1.54, 1.807) is 0 Å². The molecule has 1 aromatic rings. The maximum atomic E-state index is 12.0. The molecule has 1 aromatic carbocycles. The molecule has 0 aromatic heterocycles. The first kappa shape index (κ1) is 18.0. The molecule has 1 amide bonds. The van der Waals surface area contributed by atoms with Crippen LogP contribution >= 0.6 is 12.4 Å². The zero-order chi connectivity index (χ0) is 14.4. The molecule has 2 rings (SSSR count). The van der Waals surface area contributed by atoms with Gasteiger partial charge in [-0.05, 0) is 50.3 Å². The van der Waals surface area contributed by atoms with Crippen LogP contribution in [0.3, 0.4) is 0 Å². The first-order chi connectivity index (χ1) is 9.65. The fourth-order valence-electron chi connectivity index (χ4n) is 2.97. The lowest BCUT2D eigenvalue weighted by Gasteiger charge is -2.27. The summed E-state index contributed by atoms with van der Waals surface area (Å²) in [5.74, 6) is 1.35. The minimum Gasteiger partial charge on any atom is -0.352 e. The third-order valence-electron chi connectivity index (χ3n) is 4.27. The predicted octanol–water partition coefficient (Wildman–Crippen LogP) is 3.06. The van der Waals surface area contributed by atoms with E-state index in [0.717, 1.165) is 13.1 Å². The average Bonchev–Trinajstić information content (AvgIpc) is 2.46. The molecule has 0 bridgehead atoms. The Kier molecular flexibility index (Phi) is 7.76. The summed E-state index contributed by atoms with van der Waals surface area (Å²) in [5.41, 5.74) is 2.41. The van der Waals surface area contributed by atoms with E-state index < -0.39 is 0 Å². The minimum absolute atomic E-state index is 0. The van der Waals surface area contributed by atoms with Crippen molar-refractivity contribution in [2.24, 2.45) is 11.8 Å². The Bertz CT molecular complexity index is 444. The molecule has 2 N–H and O–H groups in total.